The van der Waals surface area contributed by atoms with Gasteiger partial charge >= 0.3 is 0 Å². The van der Waals surface area contributed by atoms with Crippen LogP contribution >= 0.6 is 11.5 Å². The molecule has 0 saturated carbocycles. The Morgan fingerprint density at radius 3 is 2.93 bits per heavy atom. The highest BCUT2D eigenvalue weighted by molar-refractivity contribution is 7.14. The van der Waals surface area contributed by atoms with E-state index in [0.717, 1.165) is 56.5 Å². The summed E-state index contributed by atoms with van der Waals surface area (Å²) >= 11 is 1.44. The molecule has 28 heavy (non-hydrogen) atoms. The Kier molecular flexibility index (Phi) is 4.13. The number of aryl methyl sites for hydroxylation is 2. The lowest BCUT2D eigenvalue weighted by atomic mass is 10.0. The molecule has 1 aliphatic heterocycles. The number of aromatic nitrogens is 5. The highest BCUT2D eigenvalue weighted by Gasteiger charge is 2.26. The largest absolute Gasteiger partial charge is 0.377 e. The van der Waals surface area contributed by atoms with Crippen molar-refractivity contribution in [2.75, 3.05) is 24.7 Å². The molecule has 0 spiro atoms. The van der Waals surface area contributed by atoms with Crippen LogP contribution in [0.2, 0.25) is 0 Å². The number of morpholine rings is 1. The number of hydrogen-bond acceptors (Lipinski definition) is 8. The monoisotopic (exact) mass is 396 g/mol. The molecule has 0 radical (unpaired) electrons. The first-order valence-electron chi connectivity index (χ1n) is 9.21. The zero-order chi connectivity index (χ0) is 19.3. The van der Waals surface area contributed by atoms with E-state index >= 15 is 0 Å². The van der Waals surface area contributed by atoms with Gasteiger partial charge in [0.2, 0.25) is 0 Å². The molecule has 9 heteroatoms. The van der Waals surface area contributed by atoms with Gasteiger partial charge < -0.3 is 14.2 Å². The molecule has 5 rings (SSSR count). The summed E-state index contributed by atoms with van der Waals surface area (Å²) in [7, 11) is 0. The second-order valence-electron chi connectivity index (χ2n) is 7.02. The van der Waals surface area contributed by atoms with Gasteiger partial charge in [-0.05, 0) is 44.4 Å². The molecule has 1 unspecified atom stereocenters. The van der Waals surface area contributed by atoms with Crippen LogP contribution in [0.1, 0.15) is 18.4 Å². The SMILES string of the molecule is Cc1noc(C)c1-c1cc(N2CCOCC2C)nc2c(-c3ccn[nH]3)nsc12. The number of nitrogens with zero attached hydrogens (tertiary/aromatic N) is 5. The molecule has 144 valence electrons. The van der Waals surface area contributed by atoms with Gasteiger partial charge in [-0.1, -0.05) is 5.16 Å². The number of rotatable bonds is 3. The van der Waals surface area contributed by atoms with Crippen LogP contribution in [0.5, 0.6) is 0 Å². The van der Waals surface area contributed by atoms with E-state index in [9.17, 15) is 0 Å². The molecule has 0 amide bonds. The number of H-pyrrole nitrogens is 1. The maximum Gasteiger partial charge on any atom is 0.141 e. The van der Waals surface area contributed by atoms with Gasteiger partial charge in [0.25, 0.3) is 0 Å². The third-order valence-corrected chi connectivity index (χ3v) is 6.00. The molecule has 0 aliphatic carbocycles. The van der Waals surface area contributed by atoms with Gasteiger partial charge in [-0.25, -0.2) is 4.98 Å². The second-order valence-corrected chi connectivity index (χ2v) is 7.80. The minimum Gasteiger partial charge on any atom is -0.377 e. The Morgan fingerprint density at radius 1 is 1.32 bits per heavy atom. The summed E-state index contributed by atoms with van der Waals surface area (Å²) in [6.45, 7) is 8.25. The molecular weight excluding hydrogens is 376 g/mol. The highest BCUT2D eigenvalue weighted by Crippen LogP contribution is 2.40. The van der Waals surface area contributed by atoms with Gasteiger partial charge in [0.15, 0.2) is 0 Å². The summed E-state index contributed by atoms with van der Waals surface area (Å²) in [5.41, 5.74) is 5.46. The minimum absolute atomic E-state index is 0.249. The lowest BCUT2D eigenvalue weighted by Crippen LogP contribution is -2.44. The lowest BCUT2D eigenvalue weighted by Gasteiger charge is -2.34. The average Bonchev–Trinajstić information content (AvgIpc) is 3.42. The van der Waals surface area contributed by atoms with Crippen molar-refractivity contribution in [3.63, 3.8) is 0 Å². The Bertz CT molecular complexity index is 1110. The number of pyridine rings is 1. The molecule has 1 aliphatic rings. The van der Waals surface area contributed by atoms with Crippen LogP contribution < -0.4 is 4.90 Å². The van der Waals surface area contributed by atoms with Crippen LogP contribution in [0.3, 0.4) is 0 Å². The third kappa shape index (κ3) is 2.70. The molecule has 4 aromatic heterocycles. The summed E-state index contributed by atoms with van der Waals surface area (Å²) in [6, 6.07) is 4.29. The topological polar surface area (TPSA) is 93.0 Å². The number of aromatic amines is 1. The average molecular weight is 396 g/mol. The van der Waals surface area contributed by atoms with E-state index in [1.165, 1.54) is 11.5 Å². The molecule has 0 bridgehead atoms. The van der Waals surface area contributed by atoms with Crippen molar-refractivity contribution in [1.29, 1.82) is 0 Å². The van der Waals surface area contributed by atoms with Crippen molar-refractivity contribution in [3.8, 4) is 22.5 Å². The fourth-order valence-corrected chi connectivity index (χ4v) is 4.60. The molecule has 1 atom stereocenters. The standard InChI is InChI=1S/C19H20N6O2S/c1-10-9-26-7-6-25(10)15-8-13(16-11(2)23-27-12(16)3)19-18(21-15)17(24-28-19)14-4-5-20-22-14/h4-5,8,10H,6-7,9H2,1-3H3,(H,20,22). The number of hydrogen-bond donors (Lipinski definition) is 1. The predicted molar refractivity (Wildman–Crippen MR) is 108 cm³/mol. The van der Waals surface area contributed by atoms with Crippen LogP contribution in [0, 0.1) is 13.8 Å². The van der Waals surface area contributed by atoms with Crippen LogP contribution in [0.25, 0.3) is 32.7 Å². The van der Waals surface area contributed by atoms with Crippen molar-refractivity contribution < 1.29 is 9.26 Å². The Hall–Kier alpha value is -2.78. The normalized spacial score (nSPS) is 17.5. The zero-order valence-electron chi connectivity index (χ0n) is 15.9. The van der Waals surface area contributed by atoms with E-state index in [4.69, 9.17) is 14.2 Å². The summed E-state index contributed by atoms with van der Waals surface area (Å²) < 4.78 is 16.8. The van der Waals surface area contributed by atoms with Crippen LogP contribution in [0.15, 0.2) is 22.9 Å². The number of fused-ring (bicyclic) bond motifs is 1. The van der Waals surface area contributed by atoms with E-state index in [2.05, 4.69) is 37.6 Å². The van der Waals surface area contributed by atoms with Gasteiger partial charge in [0, 0.05) is 23.9 Å². The fraction of sp³-hybridized carbons (Fsp3) is 0.368. The van der Waals surface area contributed by atoms with Gasteiger partial charge in [-0.3, -0.25) is 5.10 Å². The summed E-state index contributed by atoms with van der Waals surface area (Å²) in [5, 5.41) is 11.2. The van der Waals surface area contributed by atoms with Gasteiger partial charge in [0.05, 0.1) is 35.3 Å². The Labute approximate surface area is 165 Å². The first-order chi connectivity index (χ1) is 13.6. The number of nitrogens with one attached hydrogen (secondary N) is 1. The highest BCUT2D eigenvalue weighted by atomic mass is 32.1. The maximum atomic E-state index is 5.61. The van der Waals surface area contributed by atoms with Crippen LogP contribution in [-0.4, -0.2) is 50.5 Å². The first-order valence-corrected chi connectivity index (χ1v) is 9.98. The zero-order valence-corrected chi connectivity index (χ0v) is 16.7. The molecule has 5 heterocycles. The Balaban J connectivity index is 1.78. The van der Waals surface area contributed by atoms with E-state index in [1.807, 2.05) is 19.9 Å². The summed E-state index contributed by atoms with van der Waals surface area (Å²) in [5.74, 6) is 1.71. The maximum absolute atomic E-state index is 5.61. The van der Waals surface area contributed by atoms with Gasteiger partial charge in [0.1, 0.15) is 22.8 Å². The molecule has 1 fully saturated rings. The van der Waals surface area contributed by atoms with Crippen molar-refractivity contribution in [2.24, 2.45) is 0 Å². The molecule has 0 aromatic carbocycles. The summed E-state index contributed by atoms with van der Waals surface area (Å²) in [6.07, 6.45) is 1.73. The van der Waals surface area contributed by atoms with Gasteiger partial charge in [-0.2, -0.15) is 9.47 Å². The van der Waals surface area contributed by atoms with E-state index in [-0.39, 0.29) is 6.04 Å². The number of anilines is 1. The van der Waals surface area contributed by atoms with E-state index < -0.39 is 0 Å². The fourth-order valence-electron chi connectivity index (χ4n) is 3.74. The van der Waals surface area contributed by atoms with E-state index in [0.29, 0.717) is 13.2 Å². The molecule has 1 N–H and O–H groups in total. The molecule has 1 saturated heterocycles. The quantitative estimate of drug-likeness (QED) is 0.566. The van der Waals surface area contributed by atoms with Crippen molar-refractivity contribution in [2.45, 2.75) is 26.8 Å². The second kappa shape index (κ2) is 6.68. The van der Waals surface area contributed by atoms with Crippen molar-refractivity contribution in [1.82, 2.24) is 24.7 Å². The van der Waals surface area contributed by atoms with Crippen LogP contribution in [0.4, 0.5) is 5.82 Å². The summed E-state index contributed by atoms with van der Waals surface area (Å²) in [4.78, 5) is 7.31. The van der Waals surface area contributed by atoms with Crippen molar-refractivity contribution >= 4 is 27.6 Å². The minimum atomic E-state index is 0.249. The lowest BCUT2D eigenvalue weighted by molar-refractivity contribution is 0.0986. The first kappa shape index (κ1) is 17.3. The predicted octanol–water partition coefficient (Wildman–Crippen LogP) is 3.58. The smallest absolute Gasteiger partial charge is 0.141 e. The van der Waals surface area contributed by atoms with E-state index in [1.54, 1.807) is 6.20 Å². The molecular formula is C19H20N6O2S. The Morgan fingerprint density at radius 2 is 2.21 bits per heavy atom. The molecule has 4 aromatic rings. The van der Waals surface area contributed by atoms with Gasteiger partial charge in [-0.15, -0.1) is 0 Å². The van der Waals surface area contributed by atoms with Crippen LogP contribution in [-0.2, 0) is 4.74 Å². The van der Waals surface area contributed by atoms with Crippen molar-refractivity contribution in [3.05, 3.63) is 29.8 Å². The number of ether oxygens (including phenoxy) is 1. The third-order valence-electron chi connectivity index (χ3n) is 5.13. The molecule has 8 nitrogen and oxygen atoms in total.